The zero-order valence-corrected chi connectivity index (χ0v) is 12.9. The topological polar surface area (TPSA) is 84.7 Å². The molecule has 8 heteroatoms. The van der Waals surface area contributed by atoms with Crippen molar-refractivity contribution in [2.75, 3.05) is 25.0 Å². The van der Waals surface area contributed by atoms with Crippen molar-refractivity contribution in [1.29, 1.82) is 0 Å². The summed E-state index contributed by atoms with van der Waals surface area (Å²) < 4.78 is 32.6. The molecule has 0 aliphatic carbocycles. The second-order valence-corrected chi connectivity index (χ2v) is 5.59. The van der Waals surface area contributed by atoms with Gasteiger partial charge in [-0.3, -0.25) is 9.59 Å². The van der Waals surface area contributed by atoms with Crippen molar-refractivity contribution in [1.82, 2.24) is 4.90 Å². The minimum atomic E-state index is -1.04. The zero-order chi connectivity index (χ0) is 17.1. The molecule has 3 N–H and O–H groups in total. The molecule has 1 aromatic carbocycles. The quantitative estimate of drug-likeness (QED) is 0.868. The Bertz CT molecular complexity index is 614. The van der Waals surface area contributed by atoms with Crippen molar-refractivity contribution in [3.05, 3.63) is 29.3 Å². The molecule has 1 heterocycles. The highest BCUT2D eigenvalue weighted by Gasteiger charge is 2.25. The van der Waals surface area contributed by atoms with Gasteiger partial charge in [0.05, 0.1) is 30.0 Å². The van der Waals surface area contributed by atoms with E-state index in [-0.39, 0.29) is 30.3 Å². The summed E-state index contributed by atoms with van der Waals surface area (Å²) in [5.41, 5.74) is 4.43. The smallest absolute Gasteiger partial charge is 0.251 e. The van der Waals surface area contributed by atoms with Crippen molar-refractivity contribution >= 4 is 17.5 Å². The number of ether oxygens (including phenoxy) is 1. The number of hydrogen-bond donors (Lipinski definition) is 2. The van der Waals surface area contributed by atoms with Crippen molar-refractivity contribution in [2.24, 2.45) is 5.73 Å². The Kier molecular flexibility index (Phi) is 5.15. The SMILES string of the molecule is CC1CN(C(=O)CNc2cc(C(N)=O)c(F)cc2F)CC(C)O1. The van der Waals surface area contributed by atoms with E-state index < -0.39 is 23.1 Å². The van der Waals surface area contributed by atoms with Gasteiger partial charge in [0.1, 0.15) is 11.6 Å². The lowest BCUT2D eigenvalue weighted by atomic mass is 10.1. The second kappa shape index (κ2) is 6.91. The highest BCUT2D eigenvalue weighted by atomic mass is 19.1. The number of carbonyl (C=O) groups excluding carboxylic acids is 2. The number of halogens is 2. The molecule has 1 aliphatic heterocycles. The fourth-order valence-corrected chi connectivity index (χ4v) is 2.54. The van der Waals surface area contributed by atoms with Crippen LogP contribution in [0.25, 0.3) is 0 Å². The van der Waals surface area contributed by atoms with E-state index in [0.29, 0.717) is 19.2 Å². The lowest BCUT2D eigenvalue weighted by Crippen LogP contribution is -2.49. The summed E-state index contributed by atoms with van der Waals surface area (Å²) in [6.07, 6.45) is -0.154. The lowest BCUT2D eigenvalue weighted by Gasteiger charge is -2.35. The molecular formula is C15H19F2N3O3. The Balaban J connectivity index is 2.04. The molecule has 2 unspecified atom stereocenters. The van der Waals surface area contributed by atoms with E-state index in [0.717, 1.165) is 6.07 Å². The number of nitrogens with one attached hydrogen (secondary N) is 1. The van der Waals surface area contributed by atoms with E-state index >= 15 is 0 Å². The van der Waals surface area contributed by atoms with Gasteiger partial charge in [0, 0.05) is 19.2 Å². The number of anilines is 1. The summed E-state index contributed by atoms with van der Waals surface area (Å²) in [5, 5.41) is 2.58. The van der Waals surface area contributed by atoms with Crippen LogP contribution in [0.1, 0.15) is 24.2 Å². The van der Waals surface area contributed by atoms with E-state index in [1.54, 1.807) is 4.90 Å². The maximum absolute atomic E-state index is 13.7. The van der Waals surface area contributed by atoms with Crippen LogP contribution in [0.2, 0.25) is 0 Å². The molecule has 1 saturated heterocycles. The zero-order valence-electron chi connectivity index (χ0n) is 12.9. The van der Waals surface area contributed by atoms with Crippen LogP contribution in [-0.2, 0) is 9.53 Å². The standard InChI is InChI=1S/C15H19F2N3O3/c1-8-6-20(7-9(2)23-8)14(21)5-19-13-3-10(15(18)22)11(16)4-12(13)17/h3-4,8-9,19H,5-7H2,1-2H3,(H2,18,22). The third-order valence-corrected chi connectivity index (χ3v) is 3.52. The molecule has 6 nitrogen and oxygen atoms in total. The maximum atomic E-state index is 13.7. The van der Waals surface area contributed by atoms with Crippen molar-refractivity contribution < 1.29 is 23.1 Å². The number of hydrogen-bond acceptors (Lipinski definition) is 4. The van der Waals surface area contributed by atoms with E-state index in [2.05, 4.69) is 5.32 Å². The third-order valence-electron chi connectivity index (χ3n) is 3.52. The largest absolute Gasteiger partial charge is 0.374 e. The number of benzene rings is 1. The Labute approximate surface area is 132 Å². The van der Waals surface area contributed by atoms with E-state index in [1.807, 2.05) is 13.8 Å². The average Bonchev–Trinajstić information content (AvgIpc) is 2.44. The van der Waals surface area contributed by atoms with Gasteiger partial charge >= 0.3 is 0 Å². The molecule has 0 saturated carbocycles. The molecule has 1 aliphatic rings. The monoisotopic (exact) mass is 327 g/mol. The van der Waals surface area contributed by atoms with Crippen molar-refractivity contribution in [3.63, 3.8) is 0 Å². The molecule has 2 amide bonds. The maximum Gasteiger partial charge on any atom is 0.251 e. The first-order valence-corrected chi connectivity index (χ1v) is 7.24. The Morgan fingerprint density at radius 3 is 2.43 bits per heavy atom. The first kappa shape index (κ1) is 17.1. The second-order valence-electron chi connectivity index (χ2n) is 5.59. The number of morpholine rings is 1. The first-order valence-electron chi connectivity index (χ1n) is 7.24. The number of amides is 2. The fraction of sp³-hybridized carbons (Fsp3) is 0.467. The number of carbonyl (C=O) groups is 2. The number of nitrogens with zero attached hydrogens (tertiary/aromatic N) is 1. The Hall–Kier alpha value is -2.22. The van der Waals surface area contributed by atoms with E-state index in [9.17, 15) is 18.4 Å². The number of primary amides is 1. The van der Waals surface area contributed by atoms with Crippen LogP contribution in [0, 0.1) is 11.6 Å². The predicted octanol–water partition coefficient (Wildman–Crippen LogP) is 1.11. The van der Waals surface area contributed by atoms with Gasteiger partial charge in [-0.25, -0.2) is 8.78 Å². The molecule has 1 aromatic rings. The third kappa shape index (κ3) is 4.16. The average molecular weight is 327 g/mol. The van der Waals surface area contributed by atoms with Crippen molar-refractivity contribution in [2.45, 2.75) is 26.1 Å². The van der Waals surface area contributed by atoms with Gasteiger partial charge in [0.25, 0.3) is 5.91 Å². The van der Waals surface area contributed by atoms with E-state index in [1.165, 1.54) is 0 Å². The van der Waals surface area contributed by atoms with Gasteiger partial charge in [-0.15, -0.1) is 0 Å². The number of rotatable bonds is 4. The highest BCUT2D eigenvalue weighted by molar-refractivity contribution is 5.94. The summed E-state index contributed by atoms with van der Waals surface area (Å²) in [6, 6.07) is 1.52. The summed E-state index contributed by atoms with van der Waals surface area (Å²) in [7, 11) is 0. The van der Waals surface area contributed by atoms with Gasteiger partial charge in [-0.2, -0.15) is 0 Å². The lowest BCUT2D eigenvalue weighted by molar-refractivity contribution is -0.141. The Morgan fingerprint density at radius 2 is 1.87 bits per heavy atom. The predicted molar refractivity (Wildman–Crippen MR) is 80.0 cm³/mol. The van der Waals surface area contributed by atoms with Crippen LogP contribution in [0.3, 0.4) is 0 Å². The molecule has 2 atom stereocenters. The van der Waals surface area contributed by atoms with E-state index in [4.69, 9.17) is 10.5 Å². The summed E-state index contributed by atoms with van der Waals surface area (Å²) >= 11 is 0. The first-order chi connectivity index (χ1) is 10.8. The highest BCUT2D eigenvalue weighted by Crippen LogP contribution is 2.19. The Morgan fingerprint density at radius 1 is 1.26 bits per heavy atom. The normalized spacial score (nSPS) is 21.1. The summed E-state index contributed by atoms with van der Waals surface area (Å²) in [5.74, 6) is -3.18. The van der Waals surface area contributed by atoms with Gasteiger partial charge in [0.15, 0.2) is 0 Å². The van der Waals surface area contributed by atoms with Crippen LogP contribution in [0.15, 0.2) is 12.1 Å². The van der Waals surface area contributed by atoms with Crippen LogP contribution in [0.5, 0.6) is 0 Å². The number of nitrogens with two attached hydrogens (primary N) is 1. The fourth-order valence-electron chi connectivity index (χ4n) is 2.54. The van der Waals surface area contributed by atoms with Gasteiger partial charge in [-0.1, -0.05) is 0 Å². The minimum absolute atomic E-state index is 0.0771. The summed E-state index contributed by atoms with van der Waals surface area (Å²) in [4.78, 5) is 24.9. The summed E-state index contributed by atoms with van der Waals surface area (Å²) in [6.45, 7) is 4.44. The molecule has 2 rings (SSSR count). The van der Waals surface area contributed by atoms with Gasteiger partial charge in [-0.05, 0) is 19.9 Å². The molecule has 0 bridgehead atoms. The molecule has 126 valence electrons. The van der Waals surface area contributed by atoms with Crippen LogP contribution in [-0.4, -0.2) is 48.6 Å². The van der Waals surface area contributed by atoms with Crippen LogP contribution >= 0.6 is 0 Å². The molecule has 0 radical (unpaired) electrons. The molecular weight excluding hydrogens is 308 g/mol. The van der Waals surface area contributed by atoms with Gasteiger partial charge < -0.3 is 20.7 Å². The van der Waals surface area contributed by atoms with Crippen LogP contribution in [0.4, 0.5) is 14.5 Å². The molecule has 1 fully saturated rings. The van der Waals surface area contributed by atoms with Crippen molar-refractivity contribution in [3.8, 4) is 0 Å². The van der Waals surface area contributed by atoms with Gasteiger partial charge in [0.2, 0.25) is 5.91 Å². The van der Waals surface area contributed by atoms with Crippen LogP contribution < -0.4 is 11.1 Å². The minimum Gasteiger partial charge on any atom is -0.374 e. The molecule has 0 aromatic heterocycles. The molecule has 0 spiro atoms. The molecule has 23 heavy (non-hydrogen) atoms.